The molecule has 10 nitrogen and oxygen atoms in total. The molecule has 1 aliphatic heterocycles. The number of ether oxygens (including phenoxy) is 5. The first-order valence-corrected chi connectivity index (χ1v) is 9.24. The minimum absolute atomic E-state index is 0.393. The van der Waals surface area contributed by atoms with E-state index in [2.05, 4.69) is 0 Å². The van der Waals surface area contributed by atoms with E-state index >= 15 is 0 Å². The van der Waals surface area contributed by atoms with E-state index in [0.29, 0.717) is 6.42 Å². The number of hydrogen-bond acceptors (Lipinski definition) is 10. The van der Waals surface area contributed by atoms with Gasteiger partial charge in [0.05, 0.1) is 0 Å². The fourth-order valence-electron chi connectivity index (χ4n) is 2.76. The fraction of sp³-hybridized carbons (Fsp3) is 0.550. The molecule has 0 radical (unpaired) electrons. The lowest BCUT2D eigenvalue weighted by Crippen LogP contribution is -2.50. The SMILES string of the molecule is CC(=O)O[C@H]([C@@H](OC(C)=O)[C@H](/C=C\[C@H]1CC=CC(=O)O1)OC(C)=O)[C@H](C)OC(C)=O. The molecule has 0 unspecified atom stereocenters. The van der Waals surface area contributed by atoms with Gasteiger partial charge in [0.2, 0.25) is 0 Å². The topological polar surface area (TPSA) is 132 Å². The Labute approximate surface area is 174 Å². The van der Waals surface area contributed by atoms with E-state index in [-0.39, 0.29) is 0 Å². The summed E-state index contributed by atoms with van der Waals surface area (Å²) in [6, 6.07) is 0. The van der Waals surface area contributed by atoms with Crippen LogP contribution >= 0.6 is 0 Å². The van der Waals surface area contributed by atoms with Crippen molar-refractivity contribution < 1.29 is 47.7 Å². The highest BCUT2D eigenvalue weighted by Crippen LogP contribution is 2.21. The molecule has 0 aliphatic carbocycles. The monoisotopic (exact) mass is 426 g/mol. The summed E-state index contributed by atoms with van der Waals surface area (Å²) in [6.07, 6.45) is 0.629. The highest BCUT2D eigenvalue weighted by Gasteiger charge is 2.40. The van der Waals surface area contributed by atoms with Gasteiger partial charge in [-0.05, 0) is 19.1 Å². The first kappa shape index (κ1) is 24.9. The number of carbonyl (C=O) groups is 5. The van der Waals surface area contributed by atoms with Gasteiger partial charge in [-0.1, -0.05) is 6.08 Å². The number of cyclic esters (lactones) is 1. The van der Waals surface area contributed by atoms with Crippen LogP contribution in [0, 0.1) is 0 Å². The lowest BCUT2D eigenvalue weighted by Gasteiger charge is -2.33. The molecule has 0 saturated heterocycles. The summed E-state index contributed by atoms with van der Waals surface area (Å²) in [4.78, 5) is 57.8. The van der Waals surface area contributed by atoms with E-state index in [1.807, 2.05) is 0 Å². The van der Waals surface area contributed by atoms with Crippen LogP contribution in [0.4, 0.5) is 0 Å². The smallest absolute Gasteiger partial charge is 0.331 e. The molecule has 1 rings (SSSR count). The molecule has 0 amide bonds. The number of rotatable bonds is 9. The Bertz CT molecular complexity index is 723. The summed E-state index contributed by atoms with van der Waals surface area (Å²) < 4.78 is 26.0. The van der Waals surface area contributed by atoms with Gasteiger partial charge in [-0.3, -0.25) is 19.2 Å². The fourth-order valence-corrected chi connectivity index (χ4v) is 2.76. The maximum Gasteiger partial charge on any atom is 0.331 e. The molecule has 1 heterocycles. The standard InChI is InChI=1S/C20H26O10/c1-11(26-12(2)21)19(28-14(4)23)20(29-15(5)24)17(27-13(3)22)10-9-16-7-6-8-18(25)30-16/h6,8-11,16-17,19-20H,7H2,1-5H3/b10-9-/t11-,16+,17-,19-,20-/m0/s1. The molecule has 0 fully saturated rings. The summed E-state index contributed by atoms with van der Waals surface area (Å²) in [7, 11) is 0. The van der Waals surface area contributed by atoms with Crippen molar-refractivity contribution in [2.45, 2.75) is 71.6 Å². The van der Waals surface area contributed by atoms with Crippen molar-refractivity contribution >= 4 is 29.8 Å². The summed E-state index contributed by atoms with van der Waals surface area (Å²) >= 11 is 0. The van der Waals surface area contributed by atoms with Crippen molar-refractivity contribution in [3.63, 3.8) is 0 Å². The Hall–Kier alpha value is -3.17. The minimum Gasteiger partial charge on any atom is -0.459 e. The molecular weight excluding hydrogens is 400 g/mol. The van der Waals surface area contributed by atoms with Crippen LogP contribution in [0.1, 0.15) is 41.0 Å². The second kappa shape index (κ2) is 11.7. The third-order valence-electron chi connectivity index (χ3n) is 3.77. The molecule has 10 heteroatoms. The van der Waals surface area contributed by atoms with Gasteiger partial charge < -0.3 is 23.7 Å². The molecule has 0 bridgehead atoms. The van der Waals surface area contributed by atoms with E-state index in [4.69, 9.17) is 23.7 Å². The molecule has 166 valence electrons. The van der Waals surface area contributed by atoms with Crippen LogP contribution in [-0.4, -0.2) is 60.4 Å². The quantitative estimate of drug-likeness (QED) is 0.300. The number of esters is 5. The lowest BCUT2D eigenvalue weighted by molar-refractivity contribution is -0.193. The Morgan fingerprint density at radius 3 is 1.97 bits per heavy atom. The highest BCUT2D eigenvalue weighted by atomic mass is 16.6. The molecule has 0 aromatic carbocycles. The first-order chi connectivity index (χ1) is 14.0. The van der Waals surface area contributed by atoms with Crippen molar-refractivity contribution in [3.05, 3.63) is 24.3 Å². The molecule has 0 N–H and O–H groups in total. The lowest BCUT2D eigenvalue weighted by atomic mass is 10.0. The van der Waals surface area contributed by atoms with Gasteiger partial charge in [0.25, 0.3) is 0 Å². The zero-order valence-corrected chi connectivity index (χ0v) is 17.5. The van der Waals surface area contributed by atoms with Gasteiger partial charge in [-0.15, -0.1) is 0 Å². The van der Waals surface area contributed by atoms with Crippen LogP contribution in [0.5, 0.6) is 0 Å². The van der Waals surface area contributed by atoms with Gasteiger partial charge in [0, 0.05) is 40.2 Å². The van der Waals surface area contributed by atoms with E-state index in [0.717, 1.165) is 27.7 Å². The van der Waals surface area contributed by atoms with E-state index < -0.39 is 60.4 Å². The largest absolute Gasteiger partial charge is 0.459 e. The van der Waals surface area contributed by atoms with Crippen LogP contribution in [0.3, 0.4) is 0 Å². The van der Waals surface area contributed by atoms with Gasteiger partial charge in [0.1, 0.15) is 12.2 Å². The molecule has 1 aliphatic rings. The van der Waals surface area contributed by atoms with Gasteiger partial charge in [0.15, 0.2) is 18.3 Å². The maximum absolute atomic E-state index is 11.7. The molecular formula is C20H26O10. The molecule has 5 atom stereocenters. The summed E-state index contributed by atoms with van der Waals surface area (Å²) in [5.41, 5.74) is 0. The van der Waals surface area contributed by atoms with Crippen LogP contribution in [0.15, 0.2) is 24.3 Å². The van der Waals surface area contributed by atoms with Crippen molar-refractivity contribution in [2.75, 3.05) is 0 Å². The van der Waals surface area contributed by atoms with Gasteiger partial charge in [-0.25, -0.2) is 4.79 Å². The number of hydrogen-bond donors (Lipinski definition) is 0. The summed E-state index contributed by atoms with van der Waals surface area (Å²) in [5.74, 6) is -3.36. The zero-order valence-electron chi connectivity index (χ0n) is 17.5. The average Bonchev–Trinajstić information content (AvgIpc) is 2.60. The van der Waals surface area contributed by atoms with Crippen LogP contribution in [0.25, 0.3) is 0 Å². The second-order valence-electron chi connectivity index (χ2n) is 6.54. The first-order valence-electron chi connectivity index (χ1n) is 9.24. The average molecular weight is 426 g/mol. The Kier molecular flexibility index (Phi) is 9.73. The Morgan fingerprint density at radius 2 is 1.47 bits per heavy atom. The maximum atomic E-state index is 11.7. The van der Waals surface area contributed by atoms with Crippen LogP contribution in [0.2, 0.25) is 0 Å². The molecule has 0 aromatic heterocycles. The zero-order chi connectivity index (χ0) is 22.8. The third kappa shape index (κ3) is 8.89. The summed E-state index contributed by atoms with van der Waals surface area (Å²) in [5, 5.41) is 0. The van der Waals surface area contributed by atoms with Crippen LogP contribution < -0.4 is 0 Å². The number of carbonyl (C=O) groups excluding carboxylic acids is 5. The van der Waals surface area contributed by atoms with E-state index in [1.54, 1.807) is 6.08 Å². The molecule has 0 aromatic rings. The van der Waals surface area contributed by atoms with Gasteiger partial charge >= 0.3 is 29.8 Å². The molecule has 0 spiro atoms. The van der Waals surface area contributed by atoms with E-state index in [1.165, 1.54) is 25.2 Å². The normalized spacial score (nSPS) is 19.8. The Morgan fingerprint density at radius 1 is 0.933 bits per heavy atom. The van der Waals surface area contributed by atoms with Crippen molar-refractivity contribution in [1.82, 2.24) is 0 Å². The molecule has 30 heavy (non-hydrogen) atoms. The summed E-state index contributed by atoms with van der Waals surface area (Å²) in [6.45, 7) is 6.00. The molecule has 0 saturated carbocycles. The van der Waals surface area contributed by atoms with Crippen LogP contribution in [-0.2, 0) is 47.7 Å². The van der Waals surface area contributed by atoms with Gasteiger partial charge in [-0.2, -0.15) is 0 Å². The predicted octanol–water partition coefficient (Wildman–Crippen LogP) is 1.16. The van der Waals surface area contributed by atoms with Crippen molar-refractivity contribution in [1.29, 1.82) is 0 Å². The highest BCUT2D eigenvalue weighted by molar-refractivity contribution is 5.83. The van der Waals surface area contributed by atoms with E-state index in [9.17, 15) is 24.0 Å². The predicted molar refractivity (Wildman–Crippen MR) is 101 cm³/mol. The van der Waals surface area contributed by atoms with Crippen molar-refractivity contribution in [2.24, 2.45) is 0 Å². The van der Waals surface area contributed by atoms with Crippen molar-refractivity contribution in [3.8, 4) is 0 Å². The minimum atomic E-state index is -1.34. The second-order valence-corrected chi connectivity index (χ2v) is 6.54. The Balaban J connectivity index is 3.26. The third-order valence-corrected chi connectivity index (χ3v) is 3.77.